The summed E-state index contributed by atoms with van der Waals surface area (Å²) in [7, 11) is 0. The van der Waals surface area contributed by atoms with Crippen LogP contribution in [-0.2, 0) is 4.79 Å². The first-order valence-electron chi connectivity index (χ1n) is 5.47. The van der Waals surface area contributed by atoms with E-state index in [0.29, 0.717) is 12.8 Å². The van der Waals surface area contributed by atoms with E-state index in [-0.39, 0.29) is 11.9 Å². The second kappa shape index (κ2) is 6.36. The van der Waals surface area contributed by atoms with Crippen LogP contribution in [0, 0.1) is 0 Å². The number of aliphatic hydroxyl groups excluding tert-OH is 1. The Bertz CT molecular complexity index is 298. The molecule has 1 N–H and O–H groups in total. The molecule has 0 bridgehead atoms. The van der Waals surface area contributed by atoms with E-state index < -0.39 is 0 Å². The van der Waals surface area contributed by atoms with Crippen LogP contribution in [0.15, 0.2) is 36.0 Å². The number of rotatable bonds is 5. The molecule has 0 saturated heterocycles. The van der Waals surface area contributed by atoms with Crippen molar-refractivity contribution in [2.45, 2.75) is 38.7 Å². The number of allylic oxidation sites excluding steroid dienone is 4. The van der Waals surface area contributed by atoms with E-state index in [2.05, 4.69) is 6.92 Å². The van der Waals surface area contributed by atoms with Crippen LogP contribution in [0.4, 0.5) is 0 Å². The van der Waals surface area contributed by atoms with Gasteiger partial charge in [-0.2, -0.15) is 0 Å². The minimum atomic E-state index is -0.367. The van der Waals surface area contributed by atoms with Gasteiger partial charge in [0.25, 0.3) is 0 Å². The predicted octanol–water partition coefficient (Wildman–Crippen LogP) is 2.55. The molecule has 1 aliphatic rings. The second-order valence-corrected chi connectivity index (χ2v) is 3.70. The third kappa shape index (κ3) is 4.26. The Hall–Kier alpha value is -1.15. The number of hydrogen-bond acceptors (Lipinski definition) is 2. The Morgan fingerprint density at radius 1 is 1.47 bits per heavy atom. The van der Waals surface area contributed by atoms with Crippen molar-refractivity contribution in [3.63, 3.8) is 0 Å². The van der Waals surface area contributed by atoms with Crippen molar-refractivity contribution >= 4 is 5.78 Å². The molecular weight excluding hydrogens is 188 g/mol. The van der Waals surface area contributed by atoms with Crippen LogP contribution >= 0.6 is 0 Å². The van der Waals surface area contributed by atoms with Gasteiger partial charge in [-0.15, -0.1) is 0 Å². The van der Waals surface area contributed by atoms with Gasteiger partial charge in [0.15, 0.2) is 5.78 Å². The maximum absolute atomic E-state index is 11.2. The first-order chi connectivity index (χ1) is 7.24. The van der Waals surface area contributed by atoms with E-state index in [4.69, 9.17) is 0 Å². The highest BCUT2D eigenvalue weighted by Gasteiger charge is 2.10. The molecule has 0 heterocycles. The average Bonchev–Trinajstić information content (AvgIpc) is 2.61. The third-order valence-corrected chi connectivity index (χ3v) is 2.37. The van der Waals surface area contributed by atoms with Crippen LogP contribution in [0.3, 0.4) is 0 Å². The second-order valence-electron chi connectivity index (χ2n) is 3.70. The van der Waals surface area contributed by atoms with Gasteiger partial charge in [-0.1, -0.05) is 31.2 Å². The Labute approximate surface area is 91.0 Å². The summed E-state index contributed by atoms with van der Waals surface area (Å²) in [6, 6.07) is 0. The highest BCUT2D eigenvalue weighted by atomic mass is 16.3. The zero-order valence-corrected chi connectivity index (χ0v) is 9.15. The number of carbonyl (C=O) groups excluding carboxylic acids is 1. The summed E-state index contributed by atoms with van der Waals surface area (Å²) < 4.78 is 0. The van der Waals surface area contributed by atoms with Crippen LogP contribution in [-0.4, -0.2) is 17.0 Å². The van der Waals surface area contributed by atoms with Gasteiger partial charge in [-0.25, -0.2) is 0 Å². The summed E-state index contributed by atoms with van der Waals surface area (Å²) in [6.07, 6.45) is 11.9. The van der Waals surface area contributed by atoms with Gasteiger partial charge in [0, 0.05) is 0 Å². The molecular formula is C13H18O2. The highest BCUT2D eigenvalue weighted by molar-refractivity contribution is 6.06. The molecule has 0 aliphatic heterocycles. The van der Waals surface area contributed by atoms with Gasteiger partial charge in [-0.3, -0.25) is 4.79 Å². The maximum atomic E-state index is 11.2. The molecule has 0 amide bonds. The molecule has 0 radical (unpaired) electrons. The molecule has 2 heteroatoms. The molecule has 1 atom stereocenters. The van der Waals surface area contributed by atoms with Crippen molar-refractivity contribution in [3.8, 4) is 0 Å². The van der Waals surface area contributed by atoms with E-state index in [1.165, 1.54) is 0 Å². The predicted molar refractivity (Wildman–Crippen MR) is 61.5 cm³/mol. The summed E-state index contributed by atoms with van der Waals surface area (Å²) in [5.74, 6) is 0.0892. The van der Waals surface area contributed by atoms with Crippen molar-refractivity contribution in [1.29, 1.82) is 0 Å². The molecule has 0 aromatic rings. The lowest BCUT2D eigenvalue weighted by atomic mass is 10.1. The SMILES string of the molecule is CC/C=C\C[C@H](O)C/C=C1\CC=CC1=O. The van der Waals surface area contributed by atoms with Crippen LogP contribution < -0.4 is 0 Å². The lowest BCUT2D eigenvalue weighted by Crippen LogP contribution is -2.04. The standard InChI is InChI=1S/C13H18O2/c1-2-3-4-7-12(14)10-9-11-6-5-8-13(11)15/h3-5,8-9,12,14H,2,6-7,10H2,1H3/b4-3-,11-9+/t12-/m0/s1. The summed E-state index contributed by atoms with van der Waals surface area (Å²) in [6.45, 7) is 2.06. The number of hydrogen-bond donors (Lipinski definition) is 1. The molecule has 0 fully saturated rings. The Balaban J connectivity index is 2.30. The molecule has 15 heavy (non-hydrogen) atoms. The third-order valence-electron chi connectivity index (χ3n) is 2.37. The monoisotopic (exact) mass is 206 g/mol. The lowest BCUT2D eigenvalue weighted by Gasteiger charge is -2.04. The normalized spacial score (nSPS) is 20.7. The molecule has 0 spiro atoms. The van der Waals surface area contributed by atoms with Crippen LogP contribution in [0.1, 0.15) is 32.6 Å². The molecule has 0 aromatic carbocycles. The van der Waals surface area contributed by atoms with Crippen molar-refractivity contribution in [1.82, 2.24) is 0 Å². The molecule has 82 valence electrons. The van der Waals surface area contributed by atoms with Crippen molar-refractivity contribution in [2.24, 2.45) is 0 Å². The fourth-order valence-corrected chi connectivity index (χ4v) is 1.48. The van der Waals surface area contributed by atoms with Gasteiger partial charge in [-0.05, 0) is 37.3 Å². The lowest BCUT2D eigenvalue weighted by molar-refractivity contribution is -0.111. The zero-order chi connectivity index (χ0) is 11.1. The minimum absolute atomic E-state index is 0.0892. The first kappa shape index (κ1) is 11.9. The largest absolute Gasteiger partial charge is 0.392 e. The Morgan fingerprint density at radius 2 is 2.27 bits per heavy atom. The minimum Gasteiger partial charge on any atom is -0.392 e. The smallest absolute Gasteiger partial charge is 0.181 e. The van der Waals surface area contributed by atoms with Crippen molar-refractivity contribution in [3.05, 3.63) is 36.0 Å². The summed E-state index contributed by atoms with van der Waals surface area (Å²) in [4.78, 5) is 11.2. The van der Waals surface area contributed by atoms with Crippen molar-refractivity contribution < 1.29 is 9.90 Å². The van der Waals surface area contributed by atoms with E-state index >= 15 is 0 Å². The van der Waals surface area contributed by atoms with E-state index in [0.717, 1.165) is 18.4 Å². The quantitative estimate of drug-likeness (QED) is 0.554. The van der Waals surface area contributed by atoms with Gasteiger partial charge < -0.3 is 5.11 Å². The van der Waals surface area contributed by atoms with E-state index in [1.54, 1.807) is 6.08 Å². The van der Waals surface area contributed by atoms with Gasteiger partial charge in [0.2, 0.25) is 0 Å². The first-order valence-corrected chi connectivity index (χ1v) is 5.47. The van der Waals surface area contributed by atoms with Crippen LogP contribution in [0.2, 0.25) is 0 Å². The summed E-state index contributed by atoms with van der Waals surface area (Å²) in [5, 5.41) is 9.59. The Morgan fingerprint density at radius 3 is 2.87 bits per heavy atom. The molecule has 1 aliphatic carbocycles. The molecule has 0 unspecified atom stereocenters. The topological polar surface area (TPSA) is 37.3 Å². The average molecular weight is 206 g/mol. The van der Waals surface area contributed by atoms with Crippen molar-refractivity contribution in [2.75, 3.05) is 0 Å². The fraction of sp³-hybridized carbons (Fsp3) is 0.462. The van der Waals surface area contributed by atoms with Gasteiger partial charge in [0.1, 0.15) is 0 Å². The molecule has 0 aromatic heterocycles. The molecule has 2 nitrogen and oxygen atoms in total. The summed E-state index contributed by atoms with van der Waals surface area (Å²) >= 11 is 0. The van der Waals surface area contributed by atoms with E-state index in [9.17, 15) is 9.90 Å². The Kier molecular flexibility index (Phi) is 5.05. The maximum Gasteiger partial charge on any atom is 0.181 e. The molecule has 1 rings (SSSR count). The van der Waals surface area contributed by atoms with Gasteiger partial charge in [0.05, 0.1) is 6.10 Å². The van der Waals surface area contributed by atoms with E-state index in [1.807, 2.05) is 24.3 Å². The number of aliphatic hydroxyl groups is 1. The number of carbonyl (C=O) groups is 1. The van der Waals surface area contributed by atoms with Gasteiger partial charge >= 0.3 is 0 Å². The fourth-order valence-electron chi connectivity index (χ4n) is 1.48. The van der Waals surface area contributed by atoms with Crippen LogP contribution in [0.5, 0.6) is 0 Å². The molecule has 0 saturated carbocycles. The highest BCUT2D eigenvalue weighted by Crippen LogP contribution is 2.14. The summed E-state index contributed by atoms with van der Waals surface area (Å²) in [5.41, 5.74) is 0.813. The number of ketones is 1. The zero-order valence-electron chi connectivity index (χ0n) is 9.15. The van der Waals surface area contributed by atoms with Crippen LogP contribution in [0.25, 0.3) is 0 Å².